The lowest BCUT2D eigenvalue weighted by Gasteiger charge is -2.48. The van der Waals surface area contributed by atoms with E-state index in [9.17, 15) is 18.8 Å². The molecule has 0 aromatic heterocycles. The third-order valence-corrected chi connectivity index (χ3v) is 8.60. The summed E-state index contributed by atoms with van der Waals surface area (Å²) in [5.41, 5.74) is -0.159. The third kappa shape index (κ3) is 9.74. The van der Waals surface area contributed by atoms with E-state index >= 15 is 0 Å². The van der Waals surface area contributed by atoms with Crippen LogP contribution in [0, 0.1) is 28.5 Å². The Labute approximate surface area is 248 Å². The van der Waals surface area contributed by atoms with Crippen molar-refractivity contribution >= 4 is 17.7 Å². The van der Waals surface area contributed by atoms with Gasteiger partial charge in [-0.05, 0) is 92.9 Å². The molecule has 3 amide bonds. The maximum Gasteiger partial charge on any atom is 0.251 e. The van der Waals surface area contributed by atoms with E-state index in [1.807, 2.05) is 0 Å². The molecule has 1 aromatic carbocycles. The highest BCUT2D eigenvalue weighted by Crippen LogP contribution is 2.51. The Kier molecular flexibility index (Phi) is 11.4. The summed E-state index contributed by atoms with van der Waals surface area (Å²) in [6, 6.07) is 5.40. The molecule has 1 aromatic rings. The molecule has 234 valence electrons. The highest BCUT2D eigenvalue weighted by Gasteiger charge is 2.51. The number of ether oxygens (including phenoxy) is 1. The predicted molar refractivity (Wildman–Crippen MR) is 156 cm³/mol. The van der Waals surface area contributed by atoms with Crippen LogP contribution in [0.2, 0.25) is 0 Å². The van der Waals surface area contributed by atoms with Crippen molar-refractivity contribution in [1.82, 2.24) is 16.0 Å². The molecule has 0 spiro atoms. The molecule has 2 aliphatic heterocycles. The van der Waals surface area contributed by atoms with E-state index in [1.165, 1.54) is 24.3 Å². The Morgan fingerprint density at radius 3 is 2.38 bits per heavy atom. The molecular weight excluding hydrogens is 541 g/mol. The quantitative estimate of drug-likeness (QED) is 0.292. The number of hydrogen-bond donors (Lipinski definition) is 3. The van der Waals surface area contributed by atoms with E-state index in [0.717, 1.165) is 25.7 Å². The summed E-state index contributed by atoms with van der Waals surface area (Å²) in [5.74, 6) is -0.169. The standard InChI is InChI=1S/C32H48FN3O6/c1-31(2,3)21-36-28(37)17-22-9-13-40-26-15-23-16-27(42-41-14-10-22)20-32(18-23,19-26)30(39)35-12-4-11-34-29(38)24-5-7-25(33)8-6-24/h5-8,22-23,26-27H,4,9-21H2,1-3H3,(H,34,38)(H,35,39)(H,36,37)/t22?,23?,26-,27?,32?/m0/s1. The van der Waals surface area contributed by atoms with Crippen LogP contribution in [-0.4, -0.2) is 62.8 Å². The second-order valence-corrected chi connectivity index (χ2v) is 13.6. The van der Waals surface area contributed by atoms with Crippen LogP contribution in [0.15, 0.2) is 24.3 Å². The summed E-state index contributed by atoms with van der Waals surface area (Å²) in [7, 11) is 0. The molecule has 9 nitrogen and oxygen atoms in total. The molecule has 4 aliphatic rings. The molecule has 5 rings (SSSR count). The van der Waals surface area contributed by atoms with Gasteiger partial charge in [0.15, 0.2) is 0 Å². The van der Waals surface area contributed by atoms with Crippen LogP contribution in [0.3, 0.4) is 0 Å². The van der Waals surface area contributed by atoms with Crippen LogP contribution in [0.1, 0.15) is 88.9 Å². The van der Waals surface area contributed by atoms with Crippen molar-refractivity contribution < 1.29 is 33.3 Å². The molecule has 0 radical (unpaired) electrons. The van der Waals surface area contributed by atoms with Crippen LogP contribution >= 0.6 is 0 Å². The zero-order chi connectivity index (χ0) is 30.2. The second kappa shape index (κ2) is 14.8. The Hall–Kier alpha value is -2.56. The zero-order valence-corrected chi connectivity index (χ0v) is 25.3. The monoisotopic (exact) mass is 589 g/mol. The number of halogens is 1. The average molecular weight is 590 g/mol. The van der Waals surface area contributed by atoms with E-state index in [1.54, 1.807) is 0 Å². The minimum absolute atomic E-state index is 0.00206. The van der Waals surface area contributed by atoms with Crippen molar-refractivity contribution in [1.29, 1.82) is 0 Å². The minimum atomic E-state index is -0.586. The van der Waals surface area contributed by atoms with Gasteiger partial charge in [0.1, 0.15) is 5.82 Å². The van der Waals surface area contributed by atoms with Crippen LogP contribution < -0.4 is 16.0 Å². The van der Waals surface area contributed by atoms with E-state index < -0.39 is 5.41 Å². The maximum absolute atomic E-state index is 13.6. The van der Waals surface area contributed by atoms with Crippen molar-refractivity contribution in [3.05, 3.63) is 35.6 Å². The van der Waals surface area contributed by atoms with E-state index in [-0.39, 0.29) is 47.1 Å². The highest BCUT2D eigenvalue weighted by molar-refractivity contribution is 5.94. The van der Waals surface area contributed by atoms with Gasteiger partial charge in [-0.3, -0.25) is 14.4 Å². The Balaban J connectivity index is 1.27. The summed E-state index contributed by atoms with van der Waals surface area (Å²) in [5, 5.41) is 8.96. The summed E-state index contributed by atoms with van der Waals surface area (Å²) in [6.07, 6.45) is 6.02. The number of rotatable bonds is 9. The lowest BCUT2D eigenvalue weighted by Crippen LogP contribution is -2.53. The smallest absolute Gasteiger partial charge is 0.251 e. The zero-order valence-electron chi connectivity index (χ0n) is 25.3. The van der Waals surface area contributed by atoms with Gasteiger partial charge in [0.2, 0.25) is 11.8 Å². The Morgan fingerprint density at radius 2 is 1.62 bits per heavy atom. The number of nitrogens with one attached hydrogen (secondary N) is 3. The van der Waals surface area contributed by atoms with E-state index in [0.29, 0.717) is 76.4 Å². The molecule has 4 fully saturated rings. The molecule has 2 saturated carbocycles. The predicted octanol–water partition coefficient (Wildman–Crippen LogP) is 4.31. The van der Waals surface area contributed by atoms with Gasteiger partial charge in [0.25, 0.3) is 5.91 Å². The summed E-state index contributed by atoms with van der Waals surface area (Å²) in [6.45, 7) is 8.69. The first-order chi connectivity index (χ1) is 20.0. The van der Waals surface area contributed by atoms with Crippen molar-refractivity contribution in [2.45, 2.75) is 90.8 Å². The first kappa shape index (κ1) is 32.4. The van der Waals surface area contributed by atoms with Crippen molar-refractivity contribution in [2.75, 3.05) is 32.8 Å². The van der Waals surface area contributed by atoms with Gasteiger partial charge in [-0.15, -0.1) is 0 Å². The van der Waals surface area contributed by atoms with Crippen molar-refractivity contribution in [3.8, 4) is 0 Å². The van der Waals surface area contributed by atoms with Gasteiger partial charge < -0.3 is 20.7 Å². The van der Waals surface area contributed by atoms with Crippen LogP contribution in [-0.2, 0) is 24.1 Å². The van der Waals surface area contributed by atoms with Crippen LogP contribution in [0.4, 0.5) is 4.39 Å². The second-order valence-electron chi connectivity index (χ2n) is 13.6. The van der Waals surface area contributed by atoms with Crippen LogP contribution in [0.25, 0.3) is 0 Å². The number of amides is 3. The third-order valence-electron chi connectivity index (χ3n) is 8.60. The number of carbonyl (C=O) groups excluding carboxylic acids is 3. The van der Waals surface area contributed by atoms with Gasteiger partial charge in [-0.1, -0.05) is 20.8 Å². The van der Waals surface area contributed by atoms with Crippen molar-refractivity contribution in [3.63, 3.8) is 0 Å². The number of fused-ring (bicyclic) bond motifs is 7. The highest BCUT2D eigenvalue weighted by atomic mass is 19.1. The molecule has 5 atom stereocenters. The van der Waals surface area contributed by atoms with Gasteiger partial charge in [0, 0.05) is 38.2 Å². The maximum atomic E-state index is 13.6. The molecule has 10 heteroatoms. The number of hydrogen-bond acceptors (Lipinski definition) is 6. The largest absolute Gasteiger partial charge is 0.378 e. The summed E-state index contributed by atoms with van der Waals surface area (Å²) >= 11 is 0. The van der Waals surface area contributed by atoms with E-state index in [2.05, 4.69) is 36.7 Å². The molecule has 42 heavy (non-hydrogen) atoms. The fourth-order valence-electron chi connectivity index (χ4n) is 6.52. The minimum Gasteiger partial charge on any atom is -0.378 e. The number of benzene rings is 1. The van der Waals surface area contributed by atoms with Gasteiger partial charge in [-0.2, -0.15) is 0 Å². The topological polar surface area (TPSA) is 115 Å². The van der Waals surface area contributed by atoms with Gasteiger partial charge >= 0.3 is 0 Å². The summed E-state index contributed by atoms with van der Waals surface area (Å²) in [4.78, 5) is 50.0. The van der Waals surface area contributed by atoms with Crippen molar-refractivity contribution in [2.24, 2.45) is 22.7 Å². The average Bonchev–Trinajstić information content (AvgIpc) is 2.94. The lowest BCUT2D eigenvalue weighted by atomic mass is 9.59. The first-order valence-electron chi connectivity index (χ1n) is 15.5. The molecule has 4 unspecified atom stereocenters. The lowest BCUT2D eigenvalue weighted by molar-refractivity contribution is -0.338. The fourth-order valence-corrected chi connectivity index (χ4v) is 6.52. The molecular formula is C32H48FN3O6. The Morgan fingerprint density at radius 1 is 0.929 bits per heavy atom. The molecule has 4 bridgehead atoms. The number of carbonyl (C=O) groups is 3. The molecule has 3 N–H and O–H groups in total. The SMILES string of the molecule is CC(C)(C)CNC(=O)CC1CCOOC2CC3C[C@@H](CC(C(=O)NCCCNC(=O)c4ccc(F)cc4)(C3)C2)OCC1. The Bertz CT molecular complexity index is 1060. The van der Waals surface area contributed by atoms with E-state index in [4.69, 9.17) is 14.5 Å². The summed E-state index contributed by atoms with van der Waals surface area (Å²) < 4.78 is 19.5. The first-order valence-corrected chi connectivity index (χ1v) is 15.5. The van der Waals surface area contributed by atoms with Gasteiger partial charge in [-0.25, -0.2) is 14.2 Å². The van der Waals surface area contributed by atoms with Crippen LogP contribution in [0.5, 0.6) is 0 Å². The molecule has 2 aliphatic carbocycles. The van der Waals surface area contributed by atoms with Gasteiger partial charge in [0.05, 0.1) is 24.2 Å². The normalized spacial score (nSPS) is 28.2. The molecule has 2 saturated heterocycles. The molecule has 2 heterocycles. The fraction of sp³-hybridized carbons (Fsp3) is 0.719.